The summed E-state index contributed by atoms with van der Waals surface area (Å²) >= 11 is 3.52. The lowest BCUT2D eigenvalue weighted by Gasteiger charge is -2.43. The van der Waals surface area contributed by atoms with Gasteiger partial charge in [-0.2, -0.15) is 0 Å². The van der Waals surface area contributed by atoms with Gasteiger partial charge in [0.25, 0.3) is 0 Å². The van der Waals surface area contributed by atoms with Gasteiger partial charge in [0.15, 0.2) is 0 Å². The van der Waals surface area contributed by atoms with E-state index in [-0.39, 0.29) is 0 Å². The Labute approximate surface area is 106 Å². The third kappa shape index (κ3) is 1.46. The van der Waals surface area contributed by atoms with Gasteiger partial charge in [-0.25, -0.2) is 0 Å². The number of rotatable bonds is 1. The highest BCUT2D eigenvalue weighted by molar-refractivity contribution is 9.10. The Bertz CT molecular complexity index is 382. The molecule has 1 nitrogen and oxygen atoms in total. The van der Waals surface area contributed by atoms with Crippen LogP contribution in [0, 0.1) is 0 Å². The number of benzene rings is 1. The fourth-order valence-corrected chi connectivity index (χ4v) is 3.91. The van der Waals surface area contributed by atoms with Crippen molar-refractivity contribution in [2.75, 3.05) is 7.05 Å². The normalized spacial score (nSPS) is 34.2. The molecule has 3 rings (SSSR count). The monoisotopic (exact) mass is 279 g/mol. The van der Waals surface area contributed by atoms with Crippen molar-refractivity contribution >= 4 is 15.9 Å². The van der Waals surface area contributed by atoms with E-state index in [1.54, 1.807) is 0 Å². The molecule has 2 atom stereocenters. The minimum Gasteiger partial charge on any atom is -0.294 e. The van der Waals surface area contributed by atoms with Crippen molar-refractivity contribution in [3.05, 3.63) is 34.3 Å². The second-order valence-corrected chi connectivity index (χ2v) is 6.15. The zero-order chi connectivity index (χ0) is 11.2. The molecule has 0 amide bonds. The average Bonchev–Trinajstić information content (AvgIpc) is 2.52. The fraction of sp³-hybridized carbons (Fsp3) is 0.571. The number of halogens is 1. The van der Waals surface area contributed by atoms with Crippen molar-refractivity contribution < 1.29 is 0 Å². The smallest absolute Gasteiger partial charge is 0.0461 e. The number of hydrogen-bond acceptors (Lipinski definition) is 1. The molecule has 2 heterocycles. The van der Waals surface area contributed by atoms with Crippen LogP contribution in [-0.4, -0.2) is 18.0 Å². The molecule has 2 bridgehead atoms. The number of nitrogens with zero attached hydrogens (tertiary/aromatic N) is 1. The molecule has 2 unspecified atom stereocenters. The zero-order valence-corrected chi connectivity index (χ0v) is 11.3. The molecule has 0 aromatic heterocycles. The molecule has 0 N–H and O–H groups in total. The van der Waals surface area contributed by atoms with E-state index in [9.17, 15) is 0 Å². The lowest BCUT2D eigenvalue weighted by Crippen LogP contribution is -2.45. The summed E-state index contributed by atoms with van der Waals surface area (Å²) < 4.78 is 1.18. The summed E-state index contributed by atoms with van der Waals surface area (Å²) in [4.78, 5) is 2.64. The molecule has 0 radical (unpaired) electrons. The molecular weight excluding hydrogens is 262 g/mol. The first kappa shape index (κ1) is 10.8. The van der Waals surface area contributed by atoms with Crippen LogP contribution in [0.25, 0.3) is 0 Å². The van der Waals surface area contributed by atoms with Crippen LogP contribution in [0.3, 0.4) is 0 Å². The maximum absolute atomic E-state index is 3.52. The van der Waals surface area contributed by atoms with Gasteiger partial charge in [-0.3, -0.25) is 4.90 Å². The van der Waals surface area contributed by atoms with Crippen LogP contribution in [-0.2, 0) is 5.54 Å². The first-order valence-electron chi connectivity index (χ1n) is 6.21. The quantitative estimate of drug-likeness (QED) is 0.753. The van der Waals surface area contributed by atoms with Crippen LogP contribution in [0.4, 0.5) is 0 Å². The molecule has 1 aromatic carbocycles. The van der Waals surface area contributed by atoms with Crippen LogP contribution in [0.5, 0.6) is 0 Å². The van der Waals surface area contributed by atoms with Crippen molar-refractivity contribution in [3.8, 4) is 0 Å². The molecule has 86 valence electrons. The average molecular weight is 280 g/mol. The van der Waals surface area contributed by atoms with Crippen LogP contribution in [0.15, 0.2) is 28.7 Å². The second kappa shape index (κ2) is 3.85. The van der Waals surface area contributed by atoms with Crippen LogP contribution in [0.1, 0.15) is 37.7 Å². The first-order chi connectivity index (χ1) is 7.72. The second-order valence-electron chi connectivity index (χ2n) is 5.23. The Morgan fingerprint density at radius 2 is 1.94 bits per heavy atom. The van der Waals surface area contributed by atoms with Gasteiger partial charge in [0.1, 0.15) is 0 Å². The van der Waals surface area contributed by atoms with Gasteiger partial charge in [-0.05, 0) is 56.8 Å². The SMILES string of the molecule is CN1C2CCCC1(c1ccc(Br)cc1)CC2. The summed E-state index contributed by atoms with van der Waals surface area (Å²) in [5.74, 6) is 0. The molecule has 2 saturated heterocycles. The predicted octanol–water partition coefficient (Wildman–Crippen LogP) is 3.92. The fourth-order valence-electron chi connectivity index (χ4n) is 3.65. The third-order valence-corrected chi connectivity index (χ3v) is 5.15. The Kier molecular flexibility index (Phi) is 2.60. The van der Waals surface area contributed by atoms with Gasteiger partial charge < -0.3 is 0 Å². The zero-order valence-electron chi connectivity index (χ0n) is 9.75. The lowest BCUT2D eigenvalue weighted by atomic mass is 9.82. The van der Waals surface area contributed by atoms with Gasteiger partial charge in [0.2, 0.25) is 0 Å². The number of fused-ring (bicyclic) bond motifs is 2. The van der Waals surface area contributed by atoms with Gasteiger partial charge in [0, 0.05) is 16.1 Å². The highest BCUT2D eigenvalue weighted by Crippen LogP contribution is 2.49. The van der Waals surface area contributed by atoms with Crippen LogP contribution in [0.2, 0.25) is 0 Å². The van der Waals surface area contributed by atoms with E-state index in [0.717, 1.165) is 6.04 Å². The standard InChI is InChI=1S/C14H18BrN/c1-16-13-3-2-9-14(16,10-8-13)11-4-6-12(15)7-5-11/h4-7,13H,2-3,8-10H2,1H3. The van der Waals surface area contributed by atoms with E-state index in [2.05, 4.69) is 52.1 Å². The summed E-state index contributed by atoms with van der Waals surface area (Å²) in [6, 6.07) is 9.79. The molecule has 2 aliphatic rings. The van der Waals surface area contributed by atoms with Crippen LogP contribution >= 0.6 is 15.9 Å². The minimum absolute atomic E-state index is 0.351. The summed E-state index contributed by atoms with van der Waals surface area (Å²) in [6.45, 7) is 0. The topological polar surface area (TPSA) is 3.24 Å². The van der Waals surface area contributed by atoms with E-state index in [4.69, 9.17) is 0 Å². The first-order valence-corrected chi connectivity index (χ1v) is 7.01. The molecule has 0 saturated carbocycles. The highest BCUT2D eigenvalue weighted by Gasteiger charge is 2.47. The van der Waals surface area contributed by atoms with E-state index >= 15 is 0 Å². The molecule has 1 aromatic rings. The minimum atomic E-state index is 0.351. The Hall–Kier alpha value is -0.340. The molecule has 0 aliphatic carbocycles. The highest BCUT2D eigenvalue weighted by atomic mass is 79.9. The Morgan fingerprint density at radius 1 is 1.19 bits per heavy atom. The van der Waals surface area contributed by atoms with Crippen molar-refractivity contribution in [1.29, 1.82) is 0 Å². The molecular formula is C14H18BrN. The van der Waals surface area contributed by atoms with Gasteiger partial charge in [0.05, 0.1) is 0 Å². The molecule has 2 aliphatic heterocycles. The molecule has 0 spiro atoms. The molecule has 16 heavy (non-hydrogen) atoms. The number of hydrogen-bond donors (Lipinski definition) is 0. The van der Waals surface area contributed by atoms with E-state index in [1.165, 1.54) is 42.1 Å². The Morgan fingerprint density at radius 3 is 2.69 bits per heavy atom. The third-order valence-electron chi connectivity index (χ3n) is 4.62. The molecule has 2 fully saturated rings. The summed E-state index contributed by atoms with van der Waals surface area (Å²) in [7, 11) is 2.32. The number of piperidine rings is 1. The maximum Gasteiger partial charge on any atom is 0.0461 e. The van der Waals surface area contributed by atoms with Gasteiger partial charge in [-0.15, -0.1) is 0 Å². The van der Waals surface area contributed by atoms with E-state index in [0.29, 0.717) is 5.54 Å². The summed E-state index contributed by atoms with van der Waals surface area (Å²) in [5, 5.41) is 0. The van der Waals surface area contributed by atoms with Crippen molar-refractivity contribution in [2.45, 2.75) is 43.7 Å². The summed E-state index contributed by atoms with van der Waals surface area (Å²) in [5.41, 5.74) is 1.87. The maximum atomic E-state index is 3.52. The van der Waals surface area contributed by atoms with E-state index in [1.807, 2.05) is 0 Å². The molecule has 2 heteroatoms. The predicted molar refractivity (Wildman–Crippen MR) is 70.5 cm³/mol. The van der Waals surface area contributed by atoms with Crippen molar-refractivity contribution in [1.82, 2.24) is 4.90 Å². The lowest BCUT2D eigenvalue weighted by molar-refractivity contribution is 0.0805. The Balaban J connectivity index is 2.01. The largest absolute Gasteiger partial charge is 0.294 e. The summed E-state index contributed by atoms with van der Waals surface area (Å²) in [6.07, 6.45) is 6.85. The van der Waals surface area contributed by atoms with E-state index < -0.39 is 0 Å². The van der Waals surface area contributed by atoms with Crippen LogP contribution < -0.4 is 0 Å². The van der Waals surface area contributed by atoms with Crippen molar-refractivity contribution in [3.63, 3.8) is 0 Å². The van der Waals surface area contributed by atoms with Gasteiger partial charge in [-0.1, -0.05) is 28.1 Å². The van der Waals surface area contributed by atoms with Crippen molar-refractivity contribution in [2.24, 2.45) is 0 Å². The van der Waals surface area contributed by atoms with Gasteiger partial charge >= 0.3 is 0 Å².